The SMILES string of the molecule is CNC(C)(CSc1ccccc1OC)C(=O)OC. The number of nitrogens with one attached hydrogen (secondary N) is 1. The van der Waals surface area contributed by atoms with Gasteiger partial charge in [0, 0.05) is 10.6 Å². The highest BCUT2D eigenvalue weighted by Crippen LogP contribution is 2.31. The molecule has 1 unspecified atom stereocenters. The Morgan fingerprint density at radius 2 is 2.06 bits per heavy atom. The second-order valence-electron chi connectivity index (χ2n) is 4.01. The Hall–Kier alpha value is -1.20. The molecule has 100 valence electrons. The van der Waals surface area contributed by atoms with Crippen LogP contribution in [0.5, 0.6) is 5.75 Å². The van der Waals surface area contributed by atoms with E-state index in [0.29, 0.717) is 5.75 Å². The summed E-state index contributed by atoms with van der Waals surface area (Å²) in [6, 6.07) is 7.73. The van der Waals surface area contributed by atoms with Crippen LogP contribution < -0.4 is 10.1 Å². The van der Waals surface area contributed by atoms with Gasteiger partial charge in [-0.25, -0.2) is 0 Å². The average molecular weight is 269 g/mol. The molecule has 0 aliphatic carbocycles. The fourth-order valence-electron chi connectivity index (χ4n) is 1.42. The maximum atomic E-state index is 11.7. The van der Waals surface area contributed by atoms with E-state index < -0.39 is 5.54 Å². The number of carbonyl (C=O) groups excluding carboxylic acids is 1. The summed E-state index contributed by atoms with van der Waals surface area (Å²) in [5.41, 5.74) is -0.708. The quantitative estimate of drug-likeness (QED) is 0.632. The number of ether oxygens (including phenoxy) is 2. The predicted molar refractivity (Wildman–Crippen MR) is 73.2 cm³/mol. The van der Waals surface area contributed by atoms with Gasteiger partial charge in [0.1, 0.15) is 11.3 Å². The number of hydrogen-bond acceptors (Lipinski definition) is 5. The van der Waals surface area contributed by atoms with Crippen molar-refractivity contribution in [2.24, 2.45) is 0 Å². The highest BCUT2D eigenvalue weighted by atomic mass is 32.2. The molecule has 0 saturated heterocycles. The topological polar surface area (TPSA) is 47.6 Å². The van der Waals surface area contributed by atoms with Gasteiger partial charge in [-0.3, -0.25) is 4.79 Å². The van der Waals surface area contributed by atoms with Crippen LogP contribution in [0.25, 0.3) is 0 Å². The number of hydrogen-bond donors (Lipinski definition) is 1. The number of methoxy groups -OCH3 is 2. The highest BCUT2D eigenvalue weighted by molar-refractivity contribution is 7.99. The van der Waals surface area contributed by atoms with Gasteiger partial charge in [-0.15, -0.1) is 11.8 Å². The molecule has 0 saturated carbocycles. The van der Waals surface area contributed by atoms with Crippen LogP contribution in [0.4, 0.5) is 0 Å². The summed E-state index contributed by atoms with van der Waals surface area (Å²) in [6.45, 7) is 1.82. The van der Waals surface area contributed by atoms with E-state index >= 15 is 0 Å². The number of esters is 1. The van der Waals surface area contributed by atoms with Gasteiger partial charge in [0.15, 0.2) is 0 Å². The minimum atomic E-state index is -0.708. The smallest absolute Gasteiger partial charge is 0.326 e. The van der Waals surface area contributed by atoms with E-state index in [9.17, 15) is 4.79 Å². The summed E-state index contributed by atoms with van der Waals surface area (Å²) in [7, 11) is 4.78. The zero-order valence-corrected chi connectivity index (χ0v) is 12.0. The van der Waals surface area contributed by atoms with Gasteiger partial charge in [0.2, 0.25) is 0 Å². The van der Waals surface area contributed by atoms with Crippen LogP contribution >= 0.6 is 11.8 Å². The fourth-order valence-corrected chi connectivity index (χ4v) is 2.59. The first kappa shape index (κ1) is 14.9. The molecule has 1 rings (SSSR count). The molecule has 0 aliphatic heterocycles. The van der Waals surface area contributed by atoms with Crippen molar-refractivity contribution in [3.63, 3.8) is 0 Å². The Balaban J connectivity index is 2.77. The van der Waals surface area contributed by atoms with Gasteiger partial charge in [-0.05, 0) is 26.1 Å². The van der Waals surface area contributed by atoms with Crippen LogP contribution in [-0.2, 0) is 9.53 Å². The molecule has 1 aromatic rings. The van der Waals surface area contributed by atoms with E-state index in [4.69, 9.17) is 9.47 Å². The molecule has 1 N–H and O–H groups in total. The fraction of sp³-hybridized carbons (Fsp3) is 0.462. The first-order chi connectivity index (χ1) is 8.57. The Kier molecular flexibility index (Phi) is 5.50. The zero-order valence-electron chi connectivity index (χ0n) is 11.1. The first-order valence-corrected chi connectivity index (χ1v) is 6.59. The lowest BCUT2D eigenvalue weighted by Crippen LogP contribution is -2.50. The number of carbonyl (C=O) groups is 1. The Morgan fingerprint density at radius 3 is 2.61 bits per heavy atom. The summed E-state index contributed by atoms with van der Waals surface area (Å²) in [4.78, 5) is 12.7. The van der Waals surface area contributed by atoms with Crippen molar-refractivity contribution in [1.29, 1.82) is 0 Å². The van der Waals surface area contributed by atoms with Crippen LogP contribution in [0.2, 0.25) is 0 Å². The third-order valence-corrected chi connectivity index (χ3v) is 4.14. The molecule has 0 radical (unpaired) electrons. The number of likely N-dealkylation sites (N-methyl/N-ethyl adjacent to an activating group) is 1. The lowest BCUT2D eigenvalue weighted by molar-refractivity contribution is -0.146. The highest BCUT2D eigenvalue weighted by Gasteiger charge is 2.32. The molecule has 18 heavy (non-hydrogen) atoms. The molecule has 1 atom stereocenters. The zero-order chi connectivity index (χ0) is 13.6. The lowest BCUT2D eigenvalue weighted by Gasteiger charge is -2.25. The second kappa shape index (κ2) is 6.66. The van der Waals surface area contributed by atoms with Crippen molar-refractivity contribution in [3.05, 3.63) is 24.3 Å². The van der Waals surface area contributed by atoms with Crippen molar-refractivity contribution in [2.45, 2.75) is 17.4 Å². The molecular formula is C13H19NO3S. The monoisotopic (exact) mass is 269 g/mol. The molecule has 0 amide bonds. The maximum absolute atomic E-state index is 11.7. The maximum Gasteiger partial charge on any atom is 0.326 e. The summed E-state index contributed by atoms with van der Waals surface area (Å²) < 4.78 is 10.1. The third kappa shape index (κ3) is 3.40. The number of para-hydroxylation sites is 1. The van der Waals surface area contributed by atoms with Gasteiger partial charge in [0.25, 0.3) is 0 Å². The summed E-state index contributed by atoms with van der Waals surface area (Å²) in [5.74, 6) is 1.11. The van der Waals surface area contributed by atoms with E-state index in [1.54, 1.807) is 25.9 Å². The third-order valence-electron chi connectivity index (χ3n) is 2.77. The van der Waals surface area contributed by atoms with Crippen molar-refractivity contribution >= 4 is 17.7 Å². The number of thioether (sulfide) groups is 1. The second-order valence-corrected chi connectivity index (χ2v) is 5.03. The molecule has 0 heterocycles. The summed E-state index contributed by atoms with van der Waals surface area (Å²) in [5, 5.41) is 3.00. The van der Waals surface area contributed by atoms with Gasteiger partial charge in [0.05, 0.1) is 14.2 Å². The molecular weight excluding hydrogens is 250 g/mol. The van der Waals surface area contributed by atoms with E-state index in [1.807, 2.05) is 31.2 Å². The van der Waals surface area contributed by atoms with Crippen molar-refractivity contribution in [1.82, 2.24) is 5.32 Å². The van der Waals surface area contributed by atoms with Crippen molar-refractivity contribution < 1.29 is 14.3 Å². The van der Waals surface area contributed by atoms with Crippen LogP contribution in [0.3, 0.4) is 0 Å². The van der Waals surface area contributed by atoms with Gasteiger partial charge in [-0.2, -0.15) is 0 Å². The lowest BCUT2D eigenvalue weighted by atomic mass is 10.1. The standard InChI is InChI=1S/C13H19NO3S/c1-13(14-2,12(15)17-4)9-18-11-8-6-5-7-10(11)16-3/h5-8,14H,9H2,1-4H3. The van der Waals surface area contributed by atoms with E-state index in [-0.39, 0.29) is 5.97 Å². The van der Waals surface area contributed by atoms with E-state index in [0.717, 1.165) is 10.6 Å². The largest absolute Gasteiger partial charge is 0.496 e. The van der Waals surface area contributed by atoms with Crippen LogP contribution in [0.15, 0.2) is 29.2 Å². The molecule has 0 aliphatic rings. The molecule has 5 heteroatoms. The van der Waals surface area contributed by atoms with Gasteiger partial charge < -0.3 is 14.8 Å². The molecule has 0 bridgehead atoms. The van der Waals surface area contributed by atoms with E-state index in [1.165, 1.54) is 7.11 Å². The Morgan fingerprint density at radius 1 is 1.39 bits per heavy atom. The average Bonchev–Trinajstić information content (AvgIpc) is 2.44. The van der Waals surface area contributed by atoms with Crippen molar-refractivity contribution in [2.75, 3.05) is 27.0 Å². The number of rotatable bonds is 6. The Labute approximate surface area is 112 Å². The Bertz CT molecular complexity index is 411. The van der Waals surface area contributed by atoms with Crippen LogP contribution in [0.1, 0.15) is 6.92 Å². The molecule has 0 spiro atoms. The predicted octanol–water partition coefficient (Wildman–Crippen LogP) is 1.94. The van der Waals surface area contributed by atoms with E-state index in [2.05, 4.69) is 5.32 Å². The molecule has 0 aromatic heterocycles. The normalized spacial score (nSPS) is 13.8. The van der Waals surface area contributed by atoms with Crippen LogP contribution in [0, 0.1) is 0 Å². The van der Waals surface area contributed by atoms with Crippen LogP contribution in [-0.4, -0.2) is 38.5 Å². The molecule has 1 aromatic carbocycles. The number of benzene rings is 1. The molecule has 0 fully saturated rings. The van der Waals surface area contributed by atoms with Crippen molar-refractivity contribution in [3.8, 4) is 5.75 Å². The summed E-state index contributed by atoms with van der Waals surface area (Å²) in [6.07, 6.45) is 0. The minimum Gasteiger partial charge on any atom is -0.496 e. The van der Waals surface area contributed by atoms with Gasteiger partial charge >= 0.3 is 5.97 Å². The van der Waals surface area contributed by atoms with Gasteiger partial charge in [-0.1, -0.05) is 12.1 Å². The first-order valence-electron chi connectivity index (χ1n) is 5.60. The summed E-state index contributed by atoms with van der Waals surface area (Å²) >= 11 is 1.56. The molecule has 4 nitrogen and oxygen atoms in total. The minimum absolute atomic E-state index is 0.271.